The van der Waals surface area contributed by atoms with E-state index in [-0.39, 0.29) is 38.5 Å². The lowest BCUT2D eigenvalue weighted by Crippen LogP contribution is -2.42. The number of benzene rings is 2. The normalized spacial score (nSPS) is 13.1. The summed E-state index contributed by atoms with van der Waals surface area (Å²) in [6.07, 6.45) is -1.71. The number of fused-ring (bicyclic) bond motifs is 3. The van der Waals surface area contributed by atoms with Crippen molar-refractivity contribution in [3.63, 3.8) is 0 Å². The van der Waals surface area contributed by atoms with Crippen LogP contribution in [0.5, 0.6) is 0 Å². The first-order valence-electron chi connectivity index (χ1n) is 12.1. The molecule has 2 aromatic rings. The fraction of sp³-hybridized carbons (Fsp3) is 0.407. The van der Waals surface area contributed by atoms with Gasteiger partial charge in [0.2, 0.25) is 5.91 Å². The Morgan fingerprint density at radius 3 is 2.03 bits per heavy atom. The molecule has 0 aliphatic heterocycles. The van der Waals surface area contributed by atoms with Gasteiger partial charge in [0.1, 0.15) is 18.2 Å². The molecule has 1 aliphatic rings. The molecule has 0 aromatic heterocycles. The average Bonchev–Trinajstić information content (AvgIpc) is 3.15. The van der Waals surface area contributed by atoms with Crippen molar-refractivity contribution in [3.05, 3.63) is 59.7 Å². The summed E-state index contributed by atoms with van der Waals surface area (Å²) in [4.78, 5) is 47.7. The SMILES string of the molecule is CC(C)(C)OC(=O)NCCNC(=O)CCC(NC(=O)OCC1c2ccccc2-c2ccccc21)C(=O)O. The van der Waals surface area contributed by atoms with Crippen LogP contribution in [-0.4, -0.2) is 60.5 Å². The summed E-state index contributed by atoms with van der Waals surface area (Å²) in [5.41, 5.74) is 3.64. The Kier molecular flexibility index (Phi) is 9.10. The number of alkyl carbamates (subject to hydrolysis) is 2. The number of amides is 3. The van der Waals surface area contributed by atoms with Crippen LogP contribution in [0.3, 0.4) is 0 Å². The van der Waals surface area contributed by atoms with Crippen molar-refractivity contribution in [3.8, 4) is 11.1 Å². The highest BCUT2D eigenvalue weighted by Crippen LogP contribution is 2.44. The largest absolute Gasteiger partial charge is 0.480 e. The van der Waals surface area contributed by atoms with Crippen molar-refractivity contribution < 1.29 is 33.8 Å². The number of rotatable bonds is 10. The molecule has 0 spiro atoms. The van der Waals surface area contributed by atoms with E-state index in [1.54, 1.807) is 20.8 Å². The third-order valence-electron chi connectivity index (χ3n) is 5.71. The van der Waals surface area contributed by atoms with Gasteiger partial charge in [0.15, 0.2) is 0 Å². The summed E-state index contributed by atoms with van der Waals surface area (Å²) in [7, 11) is 0. The first-order valence-corrected chi connectivity index (χ1v) is 12.1. The van der Waals surface area contributed by atoms with E-state index < -0.39 is 35.7 Å². The summed E-state index contributed by atoms with van der Waals surface area (Å²) in [6, 6.07) is 14.5. The van der Waals surface area contributed by atoms with Crippen LogP contribution in [0, 0.1) is 0 Å². The molecular weight excluding hydrogens is 478 g/mol. The average molecular weight is 512 g/mol. The topological polar surface area (TPSA) is 143 Å². The van der Waals surface area contributed by atoms with Crippen LogP contribution in [0.1, 0.15) is 50.7 Å². The zero-order chi connectivity index (χ0) is 27.0. The van der Waals surface area contributed by atoms with Crippen molar-refractivity contribution >= 4 is 24.1 Å². The molecule has 1 atom stereocenters. The highest BCUT2D eigenvalue weighted by atomic mass is 16.6. The minimum absolute atomic E-state index is 0.0529. The molecule has 2 aromatic carbocycles. The Bertz CT molecular complexity index is 1100. The molecule has 0 saturated heterocycles. The lowest BCUT2D eigenvalue weighted by molar-refractivity contribution is -0.139. The van der Waals surface area contributed by atoms with Gasteiger partial charge >= 0.3 is 18.2 Å². The van der Waals surface area contributed by atoms with Gasteiger partial charge in [-0.2, -0.15) is 0 Å². The zero-order valence-electron chi connectivity index (χ0n) is 21.2. The van der Waals surface area contributed by atoms with E-state index in [0.717, 1.165) is 22.3 Å². The van der Waals surface area contributed by atoms with Crippen LogP contribution in [0.4, 0.5) is 9.59 Å². The molecule has 3 amide bonds. The van der Waals surface area contributed by atoms with Crippen LogP contribution in [0.2, 0.25) is 0 Å². The number of carboxylic acids is 1. The van der Waals surface area contributed by atoms with E-state index in [9.17, 15) is 24.3 Å². The predicted molar refractivity (Wildman–Crippen MR) is 136 cm³/mol. The number of carbonyl (C=O) groups excluding carboxylic acids is 3. The number of carboxylic acid groups (broad SMARTS) is 1. The Balaban J connectivity index is 1.43. The maximum Gasteiger partial charge on any atom is 0.407 e. The fourth-order valence-corrected chi connectivity index (χ4v) is 4.08. The van der Waals surface area contributed by atoms with Crippen LogP contribution in [-0.2, 0) is 19.1 Å². The lowest BCUT2D eigenvalue weighted by atomic mass is 9.98. The summed E-state index contributed by atoms with van der Waals surface area (Å²) in [5.74, 6) is -1.83. The van der Waals surface area contributed by atoms with Gasteiger partial charge in [-0.1, -0.05) is 48.5 Å². The molecule has 3 rings (SSSR count). The molecule has 0 radical (unpaired) electrons. The van der Waals surface area contributed by atoms with E-state index in [4.69, 9.17) is 9.47 Å². The molecule has 0 bridgehead atoms. The monoisotopic (exact) mass is 511 g/mol. The number of carbonyl (C=O) groups is 4. The van der Waals surface area contributed by atoms with Gasteiger partial charge < -0.3 is 30.5 Å². The van der Waals surface area contributed by atoms with Gasteiger partial charge in [0.05, 0.1) is 0 Å². The molecule has 1 aliphatic carbocycles. The molecule has 198 valence electrons. The standard InChI is InChI=1S/C27H33N3O7/c1-27(2,3)37-25(34)29-15-14-28-23(31)13-12-22(24(32)33)30-26(35)36-16-21-19-10-6-4-8-17(19)18-9-5-7-11-20(18)21/h4-11,21-22H,12-16H2,1-3H3,(H,28,31)(H,29,34)(H,30,35)(H,32,33). The summed E-state index contributed by atoms with van der Waals surface area (Å²) in [5, 5.41) is 16.9. The number of aliphatic carboxylic acids is 1. The van der Waals surface area contributed by atoms with E-state index >= 15 is 0 Å². The first-order chi connectivity index (χ1) is 17.5. The summed E-state index contributed by atoms with van der Waals surface area (Å²) < 4.78 is 10.5. The molecule has 10 nitrogen and oxygen atoms in total. The van der Waals surface area contributed by atoms with Crippen LogP contribution >= 0.6 is 0 Å². The number of hydrogen-bond donors (Lipinski definition) is 4. The van der Waals surface area contributed by atoms with Gasteiger partial charge in [-0.25, -0.2) is 14.4 Å². The number of nitrogens with one attached hydrogen (secondary N) is 3. The highest BCUT2D eigenvalue weighted by Gasteiger charge is 2.30. The maximum absolute atomic E-state index is 12.4. The van der Waals surface area contributed by atoms with Gasteiger partial charge in [-0.05, 0) is 49.4 Å². The third-order valence-corrected chi connectivity index (χ3v) is 5.71. The van der Waals surface area contributed by atoms with Crippen molar-refractivity contribution in [2.24, 2.45) is 0 Å². The van der Waals surface area contributed by atoms with Crippen molar-refractivity contribution in [2.45, 2.75) is 51.2 Å². The zero-order valence-corrected chi connectivity index (χ0v) is 21.2. The maximum atomic E-state index is 12.4. The Morgan fingerprint density at radius 2 is 1.46 bits per heavy atom. The van der Waals surface area contributed by atoms with Gasteiger partial charge in [0, 0.05) is 25.4 Å². The molecule has 10 heteroatoms. The third kappa shape index (κ3) is 7.96. The Labute approximate surface area is 215 Å². The van der Waals surface area contributed by atoms with E-state index in [1.807, 2.05) is 48.5 Å². The smallest absolute Gasteiger partial charge is 0.407 e. The van der Waals surface area contributed by atoms with Crippen molar-refractivity contribution in [1.29, 1.82) is 0 Å². The summed E-state index contributed by atoms with van der Waals surface area (Å²) >= 11 is 0. The van der Waals surface area contributed by atoms with Gasteiger partial charge in [-0.15, -0.1) is 0 Å². The number of hydrogen-bond acceptors (Lipinski definition) is 6. The van der Waals surface area contributed by atoms with Crippen molar-refractivity contribution in [2.75, 3.05) is 19.7 Å². The van der Waals surface area contributed by atoms with Crippen LogP contribution in [0.15, 0.2) is 48.5 Å². The molecular formula is C27H33N3O7. The quantitative estimate of drug-likeness (QED) is 0.358. The van der Waals surface area contributed by atoms with E-state index in [1.165, 1.54) is 0 Å². The van der Waals surface area contributed by atoms with Crippen molar-refractivity contribution in [1.82, 2.24) is 16.0 Å². The molecule has 1 unspecified atom stereocenters. The Morgan fingerprint density at radius 1 is 0.892 bits per heavy atom. The second-order valence-corrected chi connectivity index (χ2v) is 9.68. The Hall–Kier alpha value is -4.08. The minimum Gasteiger partial charge on any atom is -0.480 e. The molecule has 0 fully saturated rings. The second-order valence-electron chi connectivity index (χ2n) is 9.68. The van der Waals surface area contributed by atoms with Crippen LogP contribution < -0.4 is 16.0 Å². The number of ether oxygens (including phenoxy) is 2. The molecule has 0 heterocycles. The van der Waals surface area contributed by atoms with E-state index in [2.05, 4.69) is 16.0 Å². The fourth-order valence-electron chi connectivity index (χ4n) is 4.08. The summed E-state index contributed by atoms with van der Waals surface area (Å²) in [6.45, 7) is 5.57. The predicted octanol–water partition coefficient (Wildman–Crippen LogP) is 3.40. The van der Waals surface area contributed by atoms with Crippen LogP contribution in [0.25, 0.3) is 11.1 Å². The lowest BCUT2D eigenvalue weighted by Gasteiger charge is -2.19. The molecule has 37 heavy (non-hydrogen) atoms. The molecule has 4 N–H and O–H groups in total. The van der Waals surface area contributed by atoms with E-state index in [0.29, 0.717) is 0 Å². The minimum atomic E-state index is -1.29. The molecule has 0 saturated carbocycles. The first kappa shape index (κ1) is 27.5. The second kappa shape index (κ2) is 12.2. The highest BCUT2D eigenvalue weighted by molar-refractivity contribution is 5.82. The van der Waals surface area contributed by atoms with Gasteiger partial charge in [-0.3, -0.25) is 4.79 Å². The van der Waals surface area contributed by atoms with Gasteiger partial charge in [0.25, 0.3) is 0 Å².